The summed E-state index contributed by atoms with van der Waals surface area (Å²) in [5.74, 6) is 0.770. The van der Waals surface area contributed by atoms with Crippen LogP contribution in [0, 0.1) is 0 Å². The number of piperazine rings is 1. The van der Waals surface area contributed by atoms with Gasteiger partial charge in [-0.25, -0.2) is 4.39 Å². The first kappa shape index (κ1) is 18.9. The van der Waals surface area contributed by atoms with Gasteiger partial charge in [0.25, 0.3) is 0 Å². The zero-order valence-corrected chi connectivity index (χ0v) is 16.9. The molecule has 0 atom stereocenters. The first-order valence-electron chi connectivity index (χ1n) is 9.62. The summed E-state index contributed by atoms with van der Waals surface area (Å²) in [6.45, 7) is 6.52. The third-order valence-electron chi connectivity index (χ3n) is 5.38. The third kappa shape index (κ3) is 4.89. The van der Waals surface area contributed by atoms with Gasteiger partial charge in [0, 0.05) is 62.4 Å². The molecule has 2 aliphatic rings. The molecule has 2 aliphatic heterocycles. The summed E-state index contributed by atoms with van der Waals surface area (Å²) in [5, 5.41) is 1.78. The molecule has 0 amide bonds. The number of nitrogens with zero attached hydrogens (tertiary/aromatic N) is 5. The Bertz CT molecular complexity index is 724. The second-order valence-corrected chi connectivity index (χ2v) is 8.41. The molecule has 1 aromatic heterocycles. The average molecular weight is 410 g/mol. The molecule has 2 aromatic rings. The quantitative estimate of drug-likeness (QED) is 0.755. The largest absolute Gasteiger partial charge is 0.344 e. The van der Waals surface area contributed by atoms with Gasteiger partial charge in [-0.2, -0.15) is 9.36 Å². The molecule has 0 radical (unpaired) electrons. The number of alkyl halides is 1. The Labute approximate surface area is 168 Å². The van der Waals surface area contributed by atoms with Crippen molar-refractivity contribution in [1.29, 1.82) is 0 Å². The van der Waals surface area contributed by atoms with E-state index in [1.54, 1.807) is 0 Å². The van der Waals surface area contributed by atoms with Crippen molar-refractivity contribution in [3.05, 3.63) is 34.9 Å². The maximum Gasteiger partial charge on any atom is 0.239 e. The Balaban J connectivity index is 1.25. The van der Waals surface area contributed by atoms with Gasteiger partial charge >= 0.3 is 0 Å². The van der Waals surface area contributed by atoms with Crippen molar-refractivity contribution in [3.63, 3.8) is 0 Å². The summed E-state index contributed by atoms with van der Waals surface area (Å²) in [6.07, 6.45) is 1.55. The van der Waals surface area contributed by atoms with Crippen LogP contribution in [0.3, 0.4) is 0 Å². The molecule has 3 heterocycles. The maximum absolute atomic E-state index is 13.3. The van der Waals surface area contributed by atoms with Crippen LogP contribution in [0.5, 0.6) is 0 Å². The highest BCUT2D eigenvalue weighted by molar-refractivity contribution is 7.09. The summed E-state index contributed by atoms with van der Waals surface area (Å²) < 4.78 is 17.8. The molecule has 1 aromatic carbocycles. The van der Waals surface area contributed by atoms with E-state index in [2.05, 4.69) is 31.2 Å². The normalized spacial score (nSPS) is 19.6. The summed E-state index contributed by atoms with van der Waals surface area (Å²) in [4.78, 5) is 11.6. The topological polar surface area (TPSA) is 35.5 Å². The van der Waals surface area contributed by atoms with Crippen LogP contribution >= 0.6 is 23.1 Å². The molecule has 0 bridgehead atoms. The van der Waals surface area contributed by atoms with Gasteiger partial charge in [-0.1, -0.05) is 23.7 Å². The van der Waals surface area contributed by atoms with E-state index in [-0.39, 0.29) is 0 Å². The van der Waals surface area contributed by atoms with Crippen LogP contribution in [0.2, 0.25) is 5.02 Å². The fourth-order valence-electron chi connectivity index (χ4n) is 3.61. The minimum absolute atomic E-state index is 0.584. The van der Waals surface area contributed by atoms with Crippen molar-refractivity contribution in [2.45, 2.75) is 25.4 Å². The summed E-state index contributed by atoms with van der Waals surface area (Å²) in [5.41, 5.74) is 1.33. The number of anilines is 2. The van der Waals surface area contributed by atoms with E-state index in [0.29, 0.717) is 12.8 Å². The van der Waals surface area contributed by atoms with E-state index in [9.17, 15) is 4.39 Å². The van der Waals surface area contributed by atoms with Crippen molar-refractivity contribution >= 4 is 34.2 Å². The molecule has 0 aliphatic carbocycles. The van der Waals surface area contributed by atoms with Gasteiger partial charge in [0.05, 0.1) is 0 Å². The summed E-state index contributed by atoms with van der Waals surface area (Å²) in [7, 11) is 0. The molecular weight excluding hydrogens is 385 g/mol. The lowest BCUT2D eigenvalue weighted by Crippen LogP contribution is -2.47. The standard InChI is InChI=1S/C19H25ClFN5S/c20-16-3-1-15(2-4-16)5-8-24-11-13-26(14-12-24)19-22-18(23-27-19)25-9-6-17(21)7-10-25/h1-4,17H,5-14H2. The van der Waals surface area contributed by atoms with Gasteiger partial charge in [-0.05, 0) is 37.0 Å². The SMILES string of the molecule is FC1CCN(c2nsc(N3CCN(CCc4ccc(Cl)cc4)CC3)n2)CC1. The fraction of sp³-hybridized carbons (Fsp3) is 0.579. The number of hydrogen-bond donors (Lipinski definition) is 0. The van der Waals surface area contributed by atoms with Crippen molar-refractivity contribution in [1.82, 2.24) is 14.3 Å². The number of rotatable bonds is 5. The van der Waals surface area contributed by atoms with Crippen molar-refractivity contribution < 1.29 is 4.39 Å². The molecule has 146 valence electrons. The molecule has 27 heavy (non-hydrogen) atoms. The van der Waals surface area contributed by atoms with Crippen molar-refractivity contribution in [3.8, 4) is 0 Å². The smallest absolute Gasteiger partial charge is 0.239 e. The van der Waals surface area contributed by atoms with Gasteiger partial charge in [0.15, 0.2) is 0 Å². The van der Waals surface area contributed by atoms with Crippen LogP contribution in [-0.2, 0) is 6.42 Å². The molecule has 0 unspecified atom stereocenters. The molecule has 2 fully saturated rings. The molecule has 0 saturated carbocycles. The third-order valence-corrected chi connectivity index (χ3v) is 6.40. The molecule has 2 saturated heterocycles. The Morgan fingerprint density at radius 1 is 1.00 bits per heavy atom. The zero-order chi connectivity index (χ0) is 18.6. The predicted octanol–water partition coefficient (Wildman–Crippen LogP) is 3.49. The van der Waals surface area contributed by atoms with E-state index < -0.39 is 6.17 Å². The van der Waals surface area contributed by atoms with Crippen molar-refractivity contribution in [2.75, 3.05) is 55.6 Å². The molecule has 4 rings (SSSR count). The van der Waals surface area contributed by atoms with Crippen molar-refractivity contribution in [2.24, 2.45) is 0 Å². The Morgan fingerprint density at radius 3 is 2.41 bits per heavy atom. The first-order valence-corrected chi connectivity index (χ1v) is 10.8. The lowest BCUT2D eigenvalue weighted by atomic mass is 10.1. The van der Waals surface area contributed by atoms with Gasteiger partial charge in [0.1, 0.15) is 6.17 Å². The van der Waals surface area contributed by atoms with E-state index in [1.165, 1.54) is 17.1 Å². The average Bonchev–Trinajstić information content (AvgIpc) is 3.19. The van der Waals surface area contributed by atoms with Gasteiger partial charge in [-0.3, -0.25) is 4.90 Å². The number of aromatic nitrogens is 2. The Morgan fingerprint density at radius 2 is 1.70 bits per heavy atom. The number of hydrogen-bond acceptors (Lipinski definition) is 6. The van der Waals surface area contributed by atoms with Gasteiger partial charge in [0.2, 0.25) is 11.1 Å². The maximum atomic E-state index is 13.3. The molecule has 8 heteroatoms. The second kappa shape index (κ2) is 8.71. The van der Waals surface area contributed by atoms with Crippen LogP contribution in [0.4, 0.5) is 15.5 Å². The highest BCUT2D eigenvalue weighted by Gasteiger charge is 2.24. The lowest BCUT2D eigenvalue weighted by Gasteiger charge is -2.34. The zero-order valence-electron chi connectivity index (χ0n) is 15.4. The molecule has 0 spiro atoms. The summed E-state index contributed by atoms with van der Waals surface area (Å²) in [6, 6.07) is 8.12. The fourth-order valence-corrected chi connectivity index (χ4v) is 4.48. The highest BCUT2D eigenvalue weighted by atomic mass is 35.5. The minimum atomic E-state index is -0.666. The Hall–Kier alpha value is -1.44. The molecular formula is C19H25ClFN5S. The second-order valence-electron chi connectivity index (χ2n) is 7.24. The number of benzene rings is 1. The van der Waals surface area contributed by atoms with E-state index >= 15 is 0 Å². The monoisotopic (exact) mass is 409 g/mol. The van der Waals surface area contributed by atoms with Crippen LogP contribution < -0.4 is 9.80 Å². The van der Waals surface area contributed by atoms with Gasteiger partial charge < -0.3 is 9.80 Å². The van der Waals surface area contributed by atoms with E-state index in [0.717, 1.165) is 68.3 Å². The van der Waals surface area contributed by atoms with Crippen LogP contribution in [-0.4, -0.2) is 66.2 Å². The number of halogens is 2. The lowest BCUT2D eigenvalue weighted by molar-refractivity contribution is 0.261. The van der Waals surface area contributed by atoms with E-state index in [4.69, 9.17) is 16.6 Å². The van der Waals surface area contributed by atoms with Crippen LogP contribution in [0.15, 0.2) is 24.3 Å². The first-order chi connectivity index (χ1) is 13.2. The Kier molecular flexibility index (Phi) is 6.10. The van der Waals surface area contributed by atoms with Gasteiger partial charge in [-0.15, -0.1) is 0 Å². The molecule has 0 N–H and O–H groups in total. The molecule has 5 nitrogen and oxygen atoms in total. The number of piperidine rings is 1. The predicted molar refractivity (Wildman–Crippen MR) is 110 cm³/mol. The van der Waals surface area contributed by atoms with Crippen LogP contribution in [0.1, 0.15) is 18.4 Å². The minimum Gasteiger partial charge on any atom is -0.344 e. The highest BCUT2D eigenvalue weighted by Crippen LogP contribution is 2.25. The summed E-state index contributed by atoms with van der Waals surface area (Å²) >= 11 is 7.41. The van der Waals surface area contributed by atoms with E-state index in [1.807, 2.05) is 12.1 Å². The van der Waals surface area contributed by atoms with Crippen LogP contribution in [0.25, 0.3) is 0 Å².